The smallest absolute Gasteiger partial charge is 0.264 e. The van der Waals surface area contributed by atoms with E-state index in [1.54, 1.807) is 30.3 Å². The lowest BCUT2D eigenvalue weighted by atomic mass is 9.86. The molecule has 25 heavy (non-hydrogen) atoms. The minimum Gasteiger partial charge on any atom is -0.508 e. The number of carbonyl (C=O) groups excluding carboxylic acids is 1. The number of hydrogen-bond acceptors (Lipinski definition) is 5. The molecule has 0 bridgehead atoms. The number of aromatic amines is 1. The number of nitrogens with one attached hydrogen (secondary N) is 2. The van der Waals surface area contributed by atoms with Gasteiger partial charge in [0.2, 0.25) is 5.91 Å². The molecule has 0 saturated carbocycles. The Balaban J connectivity index is 1.87. The van der Waals surface area contributed by atoms with Crippen LogP contribution in [0.15, 0.2) is 41.2 Å². The molecule has 0 saturated heterocycles. The highest BCUT2D eigenvalue weighted by Crippen LogP contribution is 2.40. The molecular formula is C17H15N5O3. The van der Waals surface area contributed by atoms with Crippen molar-refractivity contribution < 1.29 is 9.90 Å². The zero-order valence-electron chi connectivity index (χ0n) is 13.4. The Morgan fingerprint density at radius 3 is 2.60 bits per heavy atom. The third-order valence-corrected chi connectivity index (χ3v) is 4.28. The molecular weight excluding hydrogens is 322 g/mol. The molecule has 1 atom stereocenters. The van der Waals surface area contributed by atoms with Gasteiger partial charge in [0.25, 0.3) is 5.56 Å². The first-order valence-corrected chi connectivity index (χ1v) is 7.77. The number of amides is 1. The van der Waals surface area contributed by atoms with Crippen LogP contribution in [0.5, 0.6) is 5.75 Å². The van der Waals surface area contributed by atoms with Crippen molar-refractivity contribution >= 4 is 11.7 Å². The summed E-state index contributed by atoms with van der Waals surface area (Å²) in [7, 11) is 0. The van der Waals surface area contributed by atoms with Gasteiger partial charge >= 0.3 is 0 Å². The number of aromatic nitrogens is 4. The van der Waals surface area contributed by atoms with Crippen molar-refractivity contribution in [1.29, 1.82) is 0 Å². The third-order valence-electron chi connectivity index (χ3n) is 4.28. The topological polar surface area (TPSA) is 113 Å². The van der Waals surface area contributed by atoms with Crippen LogP contribution in [-0.2, 0) is 4.79 Å². The summed E-state index contributed by atoms with van der Waals surface area (Å²) < 4.78 is 1.52. The number of aromatic hydroxyl groups is 1. The lowest BCUT2D eigenvalue weighted by Gasteiger charge is -2.24. The largest absolute Gasteiger partial charge is 0.508 e. The van der Waals surface area contributed by atoms with Gasteiger partial charge in [0, 0.05) is 24.0 Å². The molecule has 0 spiro atoms. The van der Waals surface area contributed by atoms with Crippen LogP contribution in [0.3, 0.4) is 0 Å². The molecule has 3 N–H and O–H groups in total. The highest BCUT2D eigenvalue weighted by Gasteiger charge is 2.32. The van der Waals surface area contributed by atoms with Crippen molar-refractivity contribution in [3.63, 3.8) is 0 Å². The van der Waals surface area contributed by atoms with Gasteiger partial charge in [0.15, 0.2) is 5.82 Å². The van der Waals surface area contributed by atoms with Crippen LogP contribution in [0.25, 0.3) is 5.82 Å². The first kappa shape index (κ1) is 15.1. The van der Waals surface area contributed by atoms with E-state index in [0.29, 0.717) is 18.1 Å². The monoisotopic (exact) mass is 337 g/mol. The molecule has 0 radical (unpaired) electrons. The average molecular weight is 337 g/mol. The molecule has 0 aliphatic carbocycles. The predicted molar refractivity (Wildman–Crippen MR) is 89.9 cm³/mol. The highest BCUT2D eigenvalue weighted by atomic mass is 16.3. The zero-order chi connectivity index (χ0) is 17.6. The molecule has 8 nitrogen and oxygen atoms in total. The Morgan fingerprint density at radius 2 is 1.92 bits per heavy atom. The molecule has 0 unspecified atom stereocenters. The number of phenolic OH excluding ortho intramolecular Hbond substituents is 1. The van der Waals surface area contributed by atoms with E-state index in [4.69, 9.17) is 0 Å². The van der Waals surface area contributed by atoms with Crippen LogP contribution in [0, 0.1) is 6.92 Å². The number of phenols is 1. The number of rotatable bonds is 2. The summed E-state index contributed by atoms with van der Waals surface area (Å²) in [6, 6.07) is 9.71. The number of aryl methyl sites for hydroxylation is 1. The number of nitrogens with zero attached hydrogens (tertiary/aromatic N) is 3. The second kappa shape index (κ2) is 5.59. The minimum atomic E-state index is -0.312. The zero-order valence-corrected chi connectivity index (χ0v) is 13.4. The van der Waals surface area contributed by atoms with Crippen LogP contribution >= 0.6 is 0 Å². The Morgan fingerprint density at radius 1 is 1.16 bits per heavy atom. The van der Waals surface area contributed by atoms with Crippen molar-refractivity contribution in [1.82, 2.24) is 20.0 Å². The van der Waals surface area contributed by atoms with Gasteiger partial charge in [0.05, 0.1) is 5.69 Å². The average Bonchev–Trinajstić information content (AvgIpc) is 2.92. The summed E-state index contributed by atoms with van der Waals surface area (Å²) in [5.41, 5.74) is 2.28. The number of carbonyl (C=O) groups is 1. The summed E-state index contributed by atoms with van der Waals surface area (Å²) in [5.74, 6) is 0.841. The lowest BCUT2D eigenvalue weighted by molar-refractivity contribution is -0.116. The second-order valence-electron chi connectivity index (χ2n) is 5.94. The number of hydrogen-bond donors (Lipinski definition) is 3. The molecule has 3 heterocycles. The van der Waals surface area contributed by atoms with E-state index in [2.05, 4.69) is 20.6 Å². The molecule has 1 aliphatic heterocycles. The first-order chi connectivity index (χ1) is 12.0. The van der Waals surface area contributed by atoms with Crippen molar-refractivity contribution in [2.45, 2.75) is 19.3 Å². The van der Waals surface area contributed by atoms with Gasteiger partial charge in [-0.1, -0.05) is 12.1 Å². The molecule has 3 aromatic rings. The number of benzene rings is 1. The van der Waals surface area contributed by atoms with Gasteiger partial charge in [-0.15, -0.1) is 0 Å². The summed E-state index contributed by atoms with van der Waals surface area (Å²) >= 11 is 0. The maximum atomic E-state index is 12.2. The normalized spacial score (nSPS) is 16.4. The minimum absolute atomic E-state index is 0.129. The van der Waals surface area contributed by atoms with Crippen molar-refractivity contribution in [2.75, 3.05) is 5.32 Å². The Bertz CT molecular complexity index is 999. The molecule has 1 aliphatic rings. The summed E-state index contributed by atoms with van der Waals surface area (Å²) in [6.45, 7) is 1.87. The molecule has 8 heteroatoms. The number of anilines is 1. The molecule has 1 aromatic carbocycles. The van der Waals surface area contributed by atoms with E-state index in [1.807, 2.05) is 6.92 Å². The fourth-order valence-electron chi connectivity index (χ4n) is 3.16. The van der Waals surface area contributed by atoms with E-state index in [1.165, 1.54) is 10.7 Å². The second-order valence-corrected chi connectivity index (χ2v) is 5.94. The van der Waals surface area contributed by atoms with Crippen molar-refractivity contribution in [2.24, 2.45) is 0 Å². The van der Waals surface area contributed by atoms with Gasteiger partial charge in [-0.05, 0) is 30.7 Å². The summed E-state index contributed by atoms with van der Waals surface area (Å²) in [4.78, 5) is 23.5. The van der Waals surface area contributed by atoms with E-state index in [-0.39, 0.29) is 23.1 Å². The summed E-state index contributed by atoms with van der Waals surface area (Å²) in [6.07, 6.45) is 0.295. The third kappa shape index (κ3) is 2.57. The maximum absolute atomic E-state index is 12.2. The Labute approximate surface area is 142 Å². The highest BCUT2D eigenvalue weighted by molar-refractivity contribution is 5.95. The fourth-order valence-corrected chi connectivity index (χ4v) is 3.16. The van der Waals surface area contributed by atoms with Gasteiger partial charge in [0.1, 0.15) is 11.6 Å². The lowest BCUT2D eigenvalue weighted by Crippen LogP contribution is -2.25. The van der Waals surface area contributed by atoms with E-state index < -0.39 is 0 Å². The van der Waals surface area contributed by atoms with Crippen LogP contribution in [0.1, 0.15) is 29.2 Å². The van der Waals surface area contributed by atoms with E-state index in [0.717, 1.165) is 16.8 Å². The van der Waals surface area contributed by atoms with Crippen LogP contribution in [0.4, 0.5) is 5.82 Å². The summed E-state index contributed by atoms with van der Waals surface area (Å²) in [5, 5.41) is 23.2. The SMILES string of the molecule is Cc1nn(-c2ccc(=O)[nH]n2)c2c1[C@@H](c1ccc(O)cc1)CC(=O)N2. The molecule has 2 aromatic heterocycles. The van der Waals surface area contributed by atoms with Crippen molar-refractivity contribution in [3.05, 3.63) is 63.6 Å². The predicted octanol–water partition coefficient (Wildman–Crippen LogP) is 1.44. The Kier molecular flexibility index (Phi) is 3.38. The number of fused-ring (bicyclic) bond motifs is 1. The van der Waals surface area contributed by atoms with Gasteiger partial charge in [-0.25, -0.2) is 5.10 Å². The maximum Gasteiger partial charge on any atom is 0.264 e. The molecule has 126 valence electrons. The molecule has 4 rings (SSSR count). The standard InChI is InChI=1S/C17H15N5O3/c1-9-16-12(10-2-4-11(23)5-3-10)8-15(25)18-17(16)22(21-9)13-6-7-14(24)20-19-13/h2-7,12,23H,8H2,1H3,(H,18,25)(H,20,24)/t12-/m1/s1. The van der Waals surface area contributed by atoms with Crippen LogP contribution in [0.2, 0.25) is 0 Å². The molecule has 1 amide bonds. The van der Waals surface area contributed by atoms with Gasteiger partial charge in [-0.3, -0.25) is 9.59 Å². The first-order valence-electron chi connectivity index (χ1n) is 7.77. The number of H-pyrrole nitrogens is 1. The van der Waals surface area contributed by atoms with Crippen LogP contribution < -0.4 is 10.9 Å². The Hall–Kier alpha value is -3.42. The van der Waals surface area contributed by atoms with E-state index >= 15 is 0 Å². The van der Waals surface area contributed by atoms with Crippen molar-refractivity contribution in [3.8, 4) is 11.6 Å². The fraction of sp³-hybridized carbons (Fsp3) is 0.176. The van der Waals surface area contributed by atoms with Crippen LogP contribution in [-0.4, -0.2) is 31.0 Å². The molecule has 0 fully saturated rings. The van der Waals surface area contributed by atoms with Gasteiger partial charge < -0.3 is 10.4 Å². The van der Waals surface area contributed by atoms with Gasteiger partial charge in [-0.2, -0.15) is 14.9 Å². The quantitative estimate of drug-likeness (QED) is 0.655. The van der Waals surface area contributed by atoms with E-state index in [9.17, 15) is 14.7 Å².